The van der Waals surface area contributed by atoms with Gasteiger partial charge in [-0.3, -0.25) is 0 Å². The minimum Gasteiger partial charge on any atom is -0.379 e. The van der Waals surface area contributed by atoms with Crippen molar-refractivity contribution in [3.05, 3.63) is 18.3 Å². The Morgan fingerprint density at radius 2 is 2.09 bits per heavy atom. The summed E-state index contributed by atoms with van der Waals surface area (Å²) in [7, 11) is 0.263. The number of ether oxygens (including phenoxy) is 1. The van der Waals surface area contributed by atoms with Crippen molar-refractivity contribution in [1.29, 1.82) is 0 Å². The lowest BCUT2D eigenvalue weighted by molar-refractivity contribution is 0.0601. The van der Waals surface area contributed by atoms with Crippen LogP contribution in [0.5, 0.6) is 0 Å². The summed E-state index contributed by atoms with van der Waals surface area (Å²) in [5, 5.41) is 0. The molecule has 1 aromatic rings. The van der Waals surface area contributed by atoms with Gasteiger partial charge in [0.15, 0.2) is 0 Å². The number of fused-ring (bicyclic) bond motifs is 2. The zero-order valence-electron chi connectivity index (χ0n) is 13.6. The quantitative estimate of drug-likeness (QED) is 0.833. The molecule has 0 bridgehead atoms. The molecule has 6 nitrogen and oxygen atoms in total. The average molecular weight is 337 g/mol. The molecule has 1 aliphatic carbocycles. The molecule has 0 amide bonds. The zero-order chi connectivity index (χ0) is 16.2. The molecule has 1 spiro atoms. The summed E-state index contributed by atoms with van der Waals surface area (Å²) in [6.07, 6.45) is 4.93. The van der Waals surface area contributed by atoms with Gasteiger partial charge in [0.1, 0.15) is 10.7 Å². The monoisotopic (exact) mass is 337 g/mol. The summed E-state index contributed by atoms with van der Waals surface area (Å²) in [5.41, 5.74) is 0.158. The number of aromatic nitrogens is 1. The maximum absolute atomic E-state index is 13.1. The van der Waals surface area contributed by atoms with Gasteiger partial charge < -0.3 is 9.64 Å². The molecule has 2 unspecified atom stereocenters. The van der Waals surface area contributed by atoms with Gasteiger partial charge in [0.05, 0.1) is 19.3 Å². The molecule has 126 valence electrons. The van der Waals surface area contributed by atoms with Gasteiger partial charge in [0.25, 0.3) is 0 Å². The van der Waals surface area contributed by atoms with Crippen LogP contribution >= 0.6 is 0 Å². The third-order valence-corrected chi connectivity index (χ3v) is 7.67. The van der Waals surface area contributed by atoms with Crippen LogP contribution in [-0.4, -0.2) is 57.6 Å². The minimum absolute atomic E-state index is 0.00572. The van der Waals surface area contributed by atoms with Crippen molar-refractivity contribution in [2.75, 3.05) is 38.8 Å². The van der Waals surface area contributed by atoms with E-state index in [1.54, 1.807) is 16.4 Å². The van der Waals surface area contributed by atoms with Crippen molar-refractivity contribution >= 4 is 15.8 Å². The van der Waals surface area contributed by atoms with Gasteiger partial charge >= 0.3 is 0 Å². The van der Waals surface area contributed by atoms with Crippen LogP contribution in [0.3, 0.4) is 0 Å². The van der Waals surface area contributed by atoms with Gasteiger partial charge in [-0.1, -0.05) is 6.42 Å². The van der Waals surface area contributed by atoms with E-state index in [-0.39, 0.29) is 16.4 Å². The first-order valence-corrected chi connectivity index (χ1v) is 9.61. The fraction of sp³-hybridized carbons (Fsp3) is 0.688. The second-order valence-electron chi connectivity index (χ2n) is 7.22. The SMILES string of the molecule is CN(C)c1ccc(S(=O)(=O)N2CC3(CCC3)C3COCC32)cn1. The minimum atomic E-state index is -3.51. The summed E-state index contributed by atoms with van der Waals surface area (Å²) >= 11 is 0. The Bertz CT molecular complexity index is 698. The van der Waals surface area contributed by atoms with E-state index < -0.39 is 10.0 Å². The molecule has 2 saturated heterocycles. The van der Waals surface area contributed by atoms with Crippen molar-refractivity contribution in [3.8, 4) is 0 Å². The van der Waals surface area contributed by atoms with Gasteiger partial charge in [-0.25, -0.2) is 13.4 Å². The topological polar surface area (TPSA) is 62.7 Å². The van der Waals surface area contributed by atoms with Crippen molar-refractivity contribution in [2.45, 2.75) is 30.2 Å². The Balaban J connectivity index is 1.66. The molecule has 7 heteroatoms. The molecule has 2 aliphatic heterocycles. The summed E-state index contributed by atoms with van der Waals surface area (Å²) in [6, 6.07) is 3.41. The van der Waals surface area contributed by atoms with E-state index in [1.165, 1.54) is 12.6 Å². The van der Waals surface area contributed by atoms with Crippen LogP contribution in [-0.2, 0) is 14.8 Å². The molecule has 2 atom stereocenters. The predicted molar refractivity (Wildman–Crippen MR) is 86.8 cm³/mol. The Morgan fingerprint density at radius 1 is 1.30 bits per heavy atom. The highest BCUT2D eigenvalue weighted by Crippen LogP contribution is 2.56. The van der Waals surface area contributed by atoms with Crippen LogP contribution in [0.15, 0.2) is 23.2 Å². The first-order chi connectivity index (χ1) is 10.9. The molecule has 0 radical (unpaired) electrons. The fourth-order valence-corrected chi connectivity index (χ4v) is 5.99. The lowest BCUT2D eigenvalue weighted by atomic mass is 9.62. The van der Waals surface area contributed by atoms with E-state index in [2.05, 4.69) is 4.98 Å². The molecular weight excluding hydrogens is 314 g/mol. The number of pyridine rings is 1. The van der Waals surface area contributed by atoms with Gasteiger partial charge in [-0.15, -0.1) is 0 Å². The number of hydrogen-bond donors (Lipinski definition) is 0. The summed E-state index contributed by atoms with van der Waals surface area (Å²) in [5.74, 6) is 1.11. The highest BCUT2D eigenvalue weighted by Gasteiger charge is 2.60. The van der Waals surface area contributed by atoms with E-state index in [0.717, 1.165) is 18.7 Å². The largest absolute Gasteiger partial charge is 0.379 e. The first-order valence-electron chi connectivity index (χ1n) is 8.17. The third kappa shape index (κ3) is 2.21. The molecule has 3 aliphatic rings. The van der Waals surface area contributed by atoms with Crippen LogP contribution in [0.25, 0.3) is 0 Å². The number of nitrogens with zero attached hydrogens (tertiary/aromatic N) is 3. The molecule has 23 heavy (non-hydrogen) atoms. The lowest BCUT2D eigenvalue weighted by Crippen LogP contribution is -2.39. The van der Waals surface area contributed by atoms with Crippen molar-refractivity contribution in [1.82, 2.24) is 9.29 Å². The second-order valence-corrected chi connectivity index (χ2v) is 9.11. The third-order valence-electron chi connectivity index (χ3n) is 5.81. The van der Waals surface area contributed by atoms with Crippen LogP contribution in [0.4, 0.5) is 5.82 Å². The smallest absolute Gasteiger partial charge is 0.244 e. The molecular formula is C16H23N3O3S. The predicted octanol–water partition coefficient (Wildman–Crippen LogP) is 1.34. The zero-order valence-corrected chi connectivity index (χ0v) is 14.4. The van der Waals surface area contributed by atoms with Gasteiger partial charge in [-0.2, -0.15) is 4.31 Å². The number of rotatable bonds is 3. The highest BCUT2D eigenvalue weighted by molar-refractivity contribution is 7.89. The Morgan fingerprint density at radius 3 is 2.65 bits per heavy atom. The van der Waals surface area contributed by atoms with E-state index in [0.29, 0.717) is 25.7 Å². The molecule has 3 heterocycles. The number of hydrogen-bond acceptors (Lipinski definition) is 5. The molecule has 1 aromatic heterocycles. The maximum atomic E-state index is 13.1. The number of anilines is 1. The fourth-order valence-electron chi connectivity index (χ4n) is 4.30. The maximum Gasteiger partial charge on any atom is 0.244 e. The van der Waals surface area contributed by atoms with Crippen molar-refractivity contribution in [3.63, 3.8) is 0 Å². The van der Waals surface area contributed by atoms with E-state index in [1.807, 2.05) is 19.0 Å². The van der Waals surface area contributed by atoms with E-state index in [9.17, 15) is 8.42 Å². The van der Waals surface area contributed by atoms with Crippen LogP contribution in [0.1, 0.15) is 19.3 Å². The van der Waals surface area contributed by atoms with Gasteiger partial charge in [0, 0.05) is 32.8 Å². The van der Waals surface area contributed by atoms with E-state index >= 15 is 0 Å². The van der Waals surface area contributed by atoms with Crippen molar-refractivity contribution < 1.29 is 13.2 Å². The summed E-state index contributed by atoms with van der Waals surface area (Å²) < 4.78 is 33.5. The standard InChI is InChI=1S/C16H23N3O3S/c1-18(2)15-5-4-12(8-17-15)23(20,21)19-11-16(6-3-7-16)13-9-22-10-14(13)19/h4-5,8,13-14H,3,6-7,9-11H2,1-2H3. The molecule has 3 fully saturated rings. The van der Waals surface area contributed by atoms with Crippen LogP contribution in [0, 0.1) is 11.3 Å². The van der Waals surface area contributed by atoms with Gasteiger partial charge in [-0.05, 0) is 30.4 Å². The average Bonchev–Trinajstić information content (AvgIpc) is 3.06. The Labute approximate surface area is 137 Å². The highest BCUT2D eigenvalue weighted by atomic mass is 32.2. The second kappa shape index (κ2) is 5.16. The first kappa shape index (κ1) is 15.4. The van der Waals surface area contributed by atoms with Crippen LogP contribution < -0.4 is 4.90 Å². The van der Waals surface area contributed by atoms with Crippen LogP contribution in [0.2, 0.25) is 0 Å². The molecule has 0 N–H and O–H groups in total. The molecule has 4 rings (SSSR count). The van der Waals surface area contributed by atoms with E-state index in [4.69, 9.17) is 4.74 Å². The summed E-state index contributed by atoms with van der Waals surface area (Å²) in [6.45, 7) is 1.87. The Kier molecular flexibility index (Phi) is 3.44. The molecule has 1 saturated carbocycles. The van der Waals surface area contributed by atoms with Gasteiger partial charge in [0.2, 0.25) is 10.0 Å². The molecule has 0 aromatic carbocycles. The number of sulfonamides is 1. The summed E-state index contributed by atoms with van der Waals surface area (Å²) in [4.78, 5) is 6.40. The van der Waals surface area contributed by atoms with Crippen molar-refractivity contribution in [2.24, 2.45) is 11.3 Å². The Hall–Kier alpha value is -1.18. The lowest BCUT2D eigenvalue weighted by Gasteiger charge is -2.42. The normalized spacial score (nSPS) is 29.5.